The fourth-order valence-electron chi connectivity index (χ4n) is 1.48. The Morgan fingerprint density at radius 2 is 1.94 bits per heavy atom. The van der Waals surface area contributed by atoms with Crippen LogP contribution in [0.5, 0.6) is 5.75 Å². The number of hydrogen-bond donors (Lipinski definition) is 2. The van der Waals surface area contributed by atoms with Gasteiger partial charge in [-0.2, -0.15) is 8.78 Å². The molecule has 0 aliphatic rings. The second-order valence-electron chi connectivity index (χ2n) is 3.45. The van der Waals surface area contributed by atoms with E-state index >= 15 is 0 Å². The van der Waals surface area contributed by atoms with Gasteiger partial charge in [0.25, 0.3) is 0 Å². The maximum Gasteiger partial charge on any atom is 0.387 e. The molecule has 0 radical (unpaired) electrons. The summed E-state index contributed by atoms with van der Waals surface area (Å²) in [5, 5.41) is 0. The quantitative estimate of drug-likeness (QED) is 0.786. The van der Waals surface area contributed by atoms with E-state index in [0.717, 1.165) is 6.42 Å². The van der Waals surface area contributed by atoms with Crippen molar-refractivity contribution >= 4 is 0 Å². The molecule has 1 aromatic rings. The van der Waals surface area contributed by atoms with E-state index in [1.54, 1.807) is 18.2 Å². The highest BCUT2D eigenvalue weighted by Crippen LogP contribution is 2.27. The van der Waals surface area contributed by atoms with Crippen LogP contribution in [0.3, 0.4) is 0 Å². The molecule has 0 aliphatic heterocycles. The van der Waals surface area contributed by atoms with E-state index < -0.39 is 6.61 Å². The van der Waals surface area contributed by atoms with Crippen LogP contribution >= 0.6 is 0 Å². The fraction of sp³-hybridized carbons (Fsp3) is 0.455. The molecule has 0 aromatic heterocycles. The highest BCUT2D eigenvalue weighted by Gasteiger charge is 2.14. The van der Waals surface area contributed by atoms with Gasteiger partial charge in [0, 0.05) is 11.6 Å². The zero-order valence-corrected chi connectivity index (χ0v) is 8.90. The van der Waals surface area contributed by atoms with Crippen LogP contribution in [0.25, 0.3) is 0 Å². The predicted octanol–water partition coefficient (Wildman–Crippen LogP) is 2.03. The Hall–Kier alpha value is -1.20. The van der Waals surface area contributed by atoms with Gasteiger partial charge in [0.05, 0.1) is 0 Å². The van der Waals surface area contributed by atoms with Gasteiger partial charge in [-0.05, 0) is 25.5 Å². The van der Waals surface area contributed by atoms with Crippen molar-refractivity contribution in [3.8, 4) is 5.75 Å². The summed E-state index contributed by atoms with van der Waals surface area (Å²) in [6.07, 6.45) is 1.41. The number of rotatable bonds is 6. The largest absolute Gasteiger partial charge is 0.434 e. The molecule has 3 nitrogen and oxygen atoms in total. The van der Waals surface area contributed by atoms with E-state index in [9.17, 15) is 8.78 Å². The van der Waals surface area contributed by atoms with Crippen molar-refractivity contribution in [1.29, 1.82) is 0 Å². The maximum atomic E-state index is 12.1. The van der Waals surface area contributed by atoms with Gasteiger partial charge in [-0.1, -0.05) is 18.2 Å². The van der Waals surface area contributed by atoms with Gasteiger partial charge in [-0.25, -0.2) is 0 Å². The van der Waals surface area contributed by atoms with Crippen molar-refractivity contribution < 1.29 is 13.5 Å². The van der Waals surface area contributed by atoms with Gasteiger partial charge in [0.1, 0.15) is 5.75 Å². The summed E-state index contributed by atoms with van der Waals surface area (Å²) in [7, 11) is 0. The van der Waals surface area contributed by atoms with Crippen LogP contribution in [0.15, 0.2) is 24.3 Å². The van der Waals surface area contributed by atoms with Crippen molar-refractivity contribution in [1.82, 2.24) is 0 Å². The van der Waals surface area contributed by atoms with Crippen LogP contribution in [-0.4, -0.2) is 13.2 Å². The van der Waals surface area contributed by atoms with E-state index in [-0.39, 0.29) is 11.8 Å². The highest BCUT2D eigenvalue weighted by molar-refractivity contribution is 5.35. The number of nitrogens with two attached hydrogens (primary N) is 2. The lowest BCUT2D eigenvalue weighted by atomic mass is 10.0. The van der Waals surface area contributed by atoms with Crippen LogP contribution in [0, 0.1) is 0 Å². The molecular weight excluding hydrogens is 214 g/mol. The Balaban J connectivity index is 2.76. The third-order valence-corrected chi connectivity index (χ3v) is 2.25. The first-order chi connectivity index (χ1) is 7.65. The second-order valence-corrected chi connectivity index (χ2v) is 3.45. The number of alkyl halides is 2. The van der Waals surface area contributed by atoms with Crippen LogP contribution in [0.1, 0.15) is 24.4 Å². The Labute approximate surface area is 93.4 Å². The average molecular weight is 230 g/mol. The molecule has 0 heterocycles. The maximum absolute atomic E-state index is 12.1. The van der Waals surface area contributed by atoms with E-state index in [0.29, 0.717) is 18.5 Å². The molecule has 0 saturated heterocycles. The lowest BCUT2D eigenvalue weighted by molar-refractivity contribution is -0.0506. The molecule has 0 fully saturated rings. The number of para-hydroxylation sites is 1. The monoisotopic (exact) mass is 230 g/mol. The minimum atomic E-state index is -2.83. The van der Waals surface area contributed by atoms with E-state index in [1.165, 1.54) is 6.07 Å². The van der Waals surface area contributed by atoms with Crippen molar-refractivity contribution in [2.45, 2.75) is 25.5 Å². The Bertz CT molecular complexity index is 321. The molecule has 0 saturated carbocycles. The van der Waals surface area contributed by atoms with Crippen LogP contribution in [-0.2, 0) is 0 Å². The lowest BCUT2D eigenvalue weighted by Gasteiger charge is -2.16. The second kappa shape index (κ2) is 6.40. The fourth-order valence-corrected chi connectivity index (χ4v) is 1.48. The van der Waals surface area contributed by atoms with Crippen molar-refractivity contribution in [2.24, 2.45) is 11.5 Å². The van der Waals surface area contributed by atoms with Gasteiger partial charge in [0.2, 0.25) is 0 Å². The molecule has 0 amide bonds. The molecule has 1 rings (SSSR count). The molecule has 16 heavy (non-hydrogen) atoms. The molecule has 0 aliphatic carbocycles. The van der Waals surface area contributed by atoms with E-state index in [4.69, 9.17) is 11.5 Å². The Morgan fingerprint density at radius 1 is 1.25 bits per heavy atom. The van der Waals surface area contributed by atoms with Gasteiger partial charge in [0.15, 0.2) is 0 Å². The summed E-state index contributed by atoms with van der Waals surface area (Å²) in [4.78, 5) is 0. The van der Waals surface area contributed by atoms with Crippen LogP contribution < -0.4 is 16.2 Å². The number of halogens is 2. The standard InChI is InChI=1S/C11H16F2N2O/c12-11(13)16-10-6-2-1-4-8(10)9(15)5-3-7-14/h1-2,4,6,9,11H,3,5,7,14-15H2/t9-/m0/s1. The average Bonchev–Trinajstić information content (AvgIpc) is 2.26. The number of hydrogen-bond acceptors (Lipinski definition) is 3. The van der Waals surface area contributed by atoms with E-state index in [1.807, 2.05) is 0 Å². The summed E-state index contributed by atoms with van der Waals surface area (Å²) >= 11 is 0. The molecule has 4 N–H and O–H groups in total. The SMILES string of the molecule is NCCC[C@H](N)c1ccccc1OC(F)F. The van der Waals surface area contributed by atoms with Crippen molar-refractivity contribution in [3.63, 3.8) is 0 Å². The molecule has 5 heteroatoms. The molecule has 0 spiro atoms. The van der Waals surface area contributed by atoms with Crippen LogP contribution in [0.2, 0.25) is 0 Å². The zero-order valence-electron chi connectivity index (χ0n) is 8.90. The summed E-state index contributed by atoms with van der Waals surface area (Å²) in [6, 6.07) is 6.24. The summed E-state index contributed by atoms with van der Waals surface area (Å²) in [5.74, 6) is 0.141. The lowest BCUT2D eigenvalue weighted by Crippen LogP contribution is -2.15. The minimum absolute atomic E-state index is 0.141. The number of benzene rings is 1. The number of ether oxygens (including phenoxy) is 1. The highest BCUT2D eigenvalue weighted by atomic mass is 19.3. The Morgan fingerprint density at radius 3 is 2.56 bits per heavy atom. The first-order valence-electron chi connectivity index (χ1n) is 5.14. The van der Waals surface area contributed by atoms with Crippen molar-refractivity contribution in [2.75, 3.05) is 6.54 Å². The third-order valence-electron chi connectivity index (χ3n) is 2.25. The normalized spacial score (nSPS) is 12.8. The summed E-state index contributed by atoms with van der Waals surface area (Å²) in [5.41, 5.74) is 11.8. The van der Waals surface area contributed by atoms with Gasteiger partial charge in [-0.3, -0.25) is 0 Å². The predicted molar refractivity (Wildman–Crippen MR) is 58.3 cm³/mol. The Kier molecular flexibility index (Phi) is 5.14. The molecule has 0 unspecified atom stereocenters. The van der Waals surface area contributed by atoms with E-state index in [2.05, 4.69) is 4.74 Å². The van der Waals surface area contributed by atoms with Crippen LogP contribution in [0.4, 0.5) is 8.78 Å². The van der Waals surface area contributed by atoms with Gasteiger partial charge < -0.3 is 16.2 Å². The van der Waals surface area contributed by atoms with Crippen molar-refractivity contribution in [3.05, 3.63) is 29.8 Å². The molecular formula is C11H16F2N2O. The molecule has 1 atom stereocenters. The summed E-state index contributed by atoms with van der Waals surface area (Å²) in [6.45, 7) is -2.30. The molecule has 0 bridgehead atoms. The minimum Gasteiger partial charge on any atom is -0.434 e. The smallest absolute Gasteiger partial charge is 0.387 e. The van der Waals surface area contributed by atoms with Gasteiger partial charge >= 0.3 is 6.61 Å². The first-order valence-corrected chi connectivity index (χ1v) is 5.14. The summed E-state index contributed by atoms with van der Waals surface area (Å²) < 4.78 is 28.7. The van der Waals surface area contributed by atoms with Gasteiger partial charge in [-0.15, -0.1) is 0 Å². The first kappa shape index (κ1) is 12.9. The topological polar surface area (TPSA) is 61.3 Å². The zero-order chi connectivity index (χ0) is 12.0. The molecule has 90 valence electrons. The molecule has 1 aromatic carbocycles. The third kappa shape index (κ3) is 3.75.